The lowest BCUT2D eigenvalue weighted by Gasteiger charge is -2.25. The summed E-state index contributed by atoms with van der Waals surface area (Å²) in [5.41, 5.74) is 3.71. The molecule has 3 aromatic rings. The van der Waals surface area contributed by atoms with E-state index < -0.39 is 0 Å². The van der Waals surface area contributed by atoms with Crippen molar-refractivity contribution in [3.8, 4) is 0 Å². The highest BCUT2D eigenvalue weighted by Gasteiger charge is 2.12. The number of thiocarbonyl (C=S) groups is 1. The molecule has 0 spiro atoms. The van der Waals surface area contributed by atoms with E-state index in [0.717, 1.165) is 36.7 Å². The quantitative estimate of drug-likeness (QED) is 0.525. The predicted molar refractivity (Wildman–Crippen MR) is 117 cm³/mol. The van der Waals surface area contributed by atoms with Crippen LogP contribution in [0.15, 0.2) is 72.1 Å². The minimum atomic E-state index is 0.776. The molecule has 1 N–H and O–H groups in total. The molecule has 4 heteroatoms. The number of aryl methyl sites for hydroxylation is 1. The second-order valence-corrected chi connectivity index (χ2v) is 7.64. The number of benzene rings is 2. The summed E-state index contributed by atoms with van der Waals surface area (Å²) in [7, 11) is 0. The summed E-state index contributed by atoms with van der Waals surface area (Å²) in [4.78, 5) is 3.57. The minimum Gasteiger partial charge on any atom is -0.344 e. The summed E-state index contributed by atoms with van der Waals surface area (Å²) in [5, 5.41) is 6.30. The summed E-state index contributed by atoms with van der Waals surface area (Å²) in [6, 6.07) is 23.3. The van der Waals surface area contributed by atoms with Crippen molar-refractivity contribution >= 4 is 34.4 Å². The summed E-state index contributed by atoms with van der Waals surface area (Å²) in [6.45, 7) is 3.89. The molecular formula is C22H24N2S2. The van der Waals surface area contributed by atoms with Gasteiger partial charge in [-0.3, -0.25) is 0 Å². The zero-order valence-corrected chi connectivity index (χ0v) is 16.7. The monoisotopic (exact) mass is 380 g/mol. The van der Waals surface area contributed by atoms with Crippen LogP contribution in [0.2, 0.25) is 0 Å². The van der Waals surface area contributed by atoms with Crippen LogP contribution in [0.1, 0.15) is 22.9 Å². The van der Waals surface area contributed by atoms with Gasteiger partial charge in [-0.05, 0) is 59.8 Å². The maximum Gasteiger partial charge on any atom is 0.173 e. The van der Waals surface area contributed by atoms with Crippen LogP contribution in [0, 0.1) is 0 Å². The average Bonchev–Trinajstić information content (AvgIpc) is 3.19. The minimum absolute atomic E-state index is 0.776. The Bertz CT molecular complexity index is 796. The largest absolute Gasteiger partial charge is 0.344 e. The molecule has 0 aliphatic carbocycles. The van der Waals surface area contributed by atoms with Crippen LogP contribution in [-0.2, 0) is 19.4 Å². The number of nitrogens with one attached hydrogen (secondary N) is 1. The Hall–Kier alpha value is -2.17. The third kappa shape index (κ3) is 5.41. The van der Waals surface area contributed by atoms with E-state index in [1.54, 1.807) is 11.3 Å². The van der Waals surface area contributed by atoms with E-state index in [4.69, 9.17) is 12.2 Å². The highest BCUT2D eigenvalue weighted by atomic mass is 32.1. The Morgan fingerprint density at radius 3 is 2.38 bits per heavy atom. The van der Waals surface area contributed by atoms with Crippen LogP contribution < -0.4 is 5.32 Å². The summed E-state index contributed by atoms with van der Waals surface area (Å²) in [6.07, 6.45) is 2.02. The van der Waals surface area contributed by atoms with Gasteiger partial charge in [0.2, 0.25) is 0 Å². The van der Waals surface area contributed by atoms with E-state index in [2.05, 4.69) is 89.3 Å². The first-order valence-corrected chi connectivity index (χ1v) is 10.2. The molecule has 1 heterocycles. The SMILES string of the molecule is CCc1ccc(NC(=S)N(CCc2ccccc2)Cc2cccs2)cc1. The standard InChI is InChI=1S/C22H24N2S2/c1-2-18-10-12-20(13-11-18)23-22(25)24(17-21-9-6-16-26-21)15-14-19-7-4-3-5-8-19/h3-13,16H,2,14-15,17H2,1H3,(H,23,25). The molecule has 0 fully saturated rings. The summed E-state index contributed by atoms with van der Waals surface area (Å²) in [5.74, 6) is 0. The van der Waals surface area contributed by atoms with Gasteiger partial charge in [-0.25, -0.2) is 0 Å². The van der Waals surface area contributed by atoms with Crippen LogP contribution in [0.5, 0.6) is 0 Å². The van der Waals surface area contributed by atoms with Gasteiger partial charge in [-0.15, -0.1) is 11.3 Å². The zero-order valence-electron chi connectivity index (χ0n) is 15.0. The maximum absolute atomic E-state index is 5.73. The van der Waals surface area contributed by atoms with Crippen LogP contribution in [0.4, 0.5) is 5.69 Å². The lowest BCUT2D eigenvalue weighted by atomic mass is 10.1. The molecule has 0 amide bonds. The third-order valence-corrected chi connectivity index (χ3v) is 5.56. The molecule has 3 rings (SSSR count). The zero-order chi connectivity index (χ0) is 18.2. The van der Waals surface area contributed by atoms with Crippen molar-refractivity contribution in [3.63, 3.8) is 0 Å². The van der Waals surface area contributed by atoms with Gasteiger partial charge in [-0.1, -0.05) is 55.5 Å². The number of thiophene rings is 1. The molecule has 26 heavy (non-hydrogen) atoms. The van der Waals surface area contributed by atoms with Gasteiger partial charge < -0.3 is 10.2 Å². The summed E-state index contributed by atoms with van der Waals surface area (Å²) >= 11 is 7.50. The lowest BCUT2D eigenvalue weighted by Crippen LogP contribution is -2.35. The summed E-state index contributed by atoms with van der Waals surface area (Å²) < 4.78 is 0. The van der Waals surface area contributed by atoms with E-state index >= 15 is 0 Å². The van der Waals surface area contributed by atoms with Gasteiger partial charge in [0.25, 0.3) is 0 Å². The van der Waals surface area contributed by atoms with E-state index in [9.17, 15) is 0 Å². The first-order chi connectivity index (χ1) is 12.7. The van der Waals surface area contributed by atoms with Crippen molar-refractivity contribution in [2.75, 3.05) is 11.9 Å². The number of rotatable bonds is 7. The van der Waals surface area contributed by atoms with Gasteiger partial charge in [0.15, 0.2) is 5.11 Å². The van der Waals surface area contributed by atoms with E-state index in [0.29, 0.717) is 0 Å². The fraction of sp³-hybridized carbons (Fsp3) is 0.227. The second-order valence-electron chi connectivity index (χ2n) is 6.22. The number of nitrogens with zero attached hydrogens (tertiary/aromatic N) is 1. The molecule has 2 nitrogen and oxygen atoms in total. The van der Waals surface area contributed by atoms with Gasteiger partial charge in [0, 0.05) is 17.1 Å². The molecule has 0 saturated carbocycles. The smallest absolute Gasteiger partial charge is 0.173 e. The Morgan fingerprint density at radius 1 is 0.962 bits per heavy atom. The molecule has 0 aliphatic heterocycles. The fourth-order valence-electron chi connectivity index (χ4n) is 2.78. The van der Waals surface area contributed by atoms with Crippen LogP contribution in [0.25, 0.3) is 0 Å². The van der Waals surface area contributed by atoms with E-state index in [-0.39, 0.29) is 0 Å². The molecule has 0 aliphatic rings. The Balaban J connectivity index is 1.67. The van der Waals surface area contributed by atoms with Gasteiger partial charge in [0.1, 0.15) is 0 Å². The molecule has 2 aromatic carbocycles. The highest BCUT2D eigenvalue weighted by molar-refractivity contribution is 7.80. The number of hydrogen-bond acceptors (Lipinski definition) is 2. The van der Waals surface area contributed by atoms with Crippen molar-refractivity contribution in [2.24, 2.45) is 0 Å². The van der Waals surface area contributed by atoms with Crippen molar-refractivity contribution in [1.82, 2.24) is 4.90 Å². The molecule has 0 unspecified atom stereocenters. The third-order valence-electron chi connectivity index (χ3n) is 4.34. The molecule has 0 radical (unpaired) electrons. The molecule has 0 bridgehead atoms. The Morgan fingerprint density at radius 2 is 1.73 bits per heavy atom. The van der Waals surface area contributed by atoms with Gasteiger partial charge >= 0.3 is 0 Å². The number of hydrogen-bond donors (Lipinski definition) is 1. The maximum atomic E-state index is 5.73. The van der Waals surface area contributed by atoms with Crippen molar-refractivity contribution in [2.45, 2.75) is 26.3 Å². The normalized spacial score (nSPS) is 10.5. The predicted octanol–water partition coefficient (Wildman–Crippen LogP) is 5.75. The van der Waals surface area contributed by atoms with Gasteiger partial charge in [-0.2, -0.15) is 0 Å². The lowest BCUT2D eigenvalue weighted by molar-refractivity contribution is 0.427. The molecular weight excluding hydrogens is 356 g/mol. The molecule has 0 saturated heterocycles. The van der Waals surface area contributed by atoms with Crippen molar-refractivity contribution in [3.05, 3.63) is 88.1 Å². The van der Waals surface area contributed by atoms with Gasteiger partial charge in [0.05, 0.1) is 6.54 Å². The molecule has 134 valence electrons. The van der Waals surface area contributed by atoms with Crippen LogP contribution >= 0.6 is 23.6 Å². The molecule has 1 aromatic heterocycles. The molecule has 0 atom stereocenters. The topological polar surface area (TPSA) is 15.3 Å². The van der Waals surface area contributed by atoms with E-state index in [1.165, 1.54) is 16.0 Å². The van der Waals surface area contributed by atoms with Crippen LogP contribution in [0.3, 0.4) is 0 Å². The Kier molecular flexibility index (Phi) is 6.81. The van der Waals surface area contributed by atoms with Crippen molar-refractivity contribution in [1.29, 1.82) is 0 Å². The Labute approximate surface area is 165 Å². The highest BCUT2D eigenvalue weighted by Crippen LogP contribution is 2.16. The fourth-order valence-corrected chi connectivity index (χ4v) is 3.77. The second kappa shape index (κ2) is 9.51. The first-order valence-electron chi connectivity index (χ1n) is 8.96. The number of anilines is 1. The first kappa shape index (κ1) is 18.6. The van der Waals surface area contributed by atoms with Crippen molar-refractivity contribution < 1.29 is 0 Å². The van der Waals surface area contributed by atoms with Crippen LogP contribution in [-0.4, -0.2) is 16.6 Å². The van der Waals surface area contributed by atoms with E-state index in [1.807, 2.05) is 0 Å². The average molecular weight is 381 g/mol.